The van der Waals surface area contributed by atoms with Crippen molar-refractivity contribution in [1.82, 2.24) is 15.0 Å². The van der Waals surface area contributed by atoms with Crippen molar-refractivity contribution in [3.05, 3.63) is 59.9 Å². The van der Waals surface area contributed by atoms with Crippen LogP contribution in [-0.2, 0) is 0 Å². The van der Waals surface area contributed by atoms with E-state index in [9.17, 15) is 0 Å². The van der Waals surface area contributed by atoms with Gasteiger partial charge in [-0.3, -0.25) is 0 Å². The van der Waals surface area contributed by atoms with Gasteiger partial charge in [0.05, 0.1) is 17.8 Å². The number of hydrogen-bond acceptors (Lipinski definition) is 2. The normalized spacial score (nSPS) is 10.3. The molecule has 0 fully saturated rings. The summed E-state index contributed by atoms with van der Waals surface area (Å²) in [4.78, 5) is 3.38. The molecule has 0 aliphatic carbocycles. The Bertz CT molecular complexity index is 707. The molecular weight excluding hydrogens is 212 g/mol. The Morgan fingerprint density at radius 3 is 2.65 bits per heavy atom. The first kappa shape index (κ1) is 9.55. The van der Waals surface area contributed by atoms with Crippen molar-refractivity contribution in [2.75, 3.05) is 0 Å². The van der Waals surface area contributed by atoms with Crippen LogP contribution < -0.4 is 0 Å². The number of para-hydroxylation sites is 1. The third-order valence-electron chi connectivity index (χ3n) is 2.56. The molecule has 1 aromatic heterocycles. The molecular formula is C13H8N4. The van der Waals surface area contributed by atoms with Gasteiger partial charge in [-0.2, -0.15) is 0 Å². The van der Waals surface area contributed by atoms with Crippen LogP contribution in [0.25, 0.3) is 21.6 Å². The maximum absolute atomic E-state index is 6.96. The maximum atomic E-state index is 6.96. The van der Waals surface area contributed by atoms with Gasteiger partial charge < -0.3 is 0 Å². The summed E-state index contributed by atoms with van der Waals surface area (Å²) in [7, 11) is 0. The van der Waals surface area contributed by atoms with E-state index in [2.05, 4.69) is 15.2 Å². The predicted molar refractivity (Wildman–Crippen MR) is 65.1 cm³/mol. The van der Waals surface area contributed by atoms with Crippen LogP contribution in [0, 0.1) is 6.57 Å². The molecule has 0 spiro atoms. The van der Waals surface area contributed by atoms with E-state index in [4.69, 9.17) is 6.57 Å². The number of fused-ring (bicyclic) bond motifs is 1. The molecule has 3 rings (SSSR count). The summed E-state index contributed by atoms with van der Waals surface area (Å²) in [5.74, 6) is 0. The summed E-state index contributed by atoms with van der Waals surface area (Å²) in [6.45, 7) is 6.96. The van der Waals surface area contributed by atoms with Crippen molar-refractivity contribution < 1.29 is 0 Å². The summed E-state index contributed by atoms with van der Waals surface area (Å²) in [5, 5.41) is 8.18. The molecule has 17 heavy (non-hydrogen) atoms. The molecule has 0 unspecified atom stereocenters. The van der Waals surface area contributed by atoms with Crippen LogP contribution in [0.15, 0.2) is 48.5 Å². The smallest absolute Gasteiger partial charge is 0.189 e. The zero-order valence-corrected chi connectivity index (χ0v) is 8.91. The topological polar surface area (TPSA) is 35.1 Å². The number of hydrogen-bond donors (Lipinski definition) is 0. The van der Waals surface area contributed by atoms with Crippen LogP contribution in [0.3, 0.4) is 0 Å². The Kier molecular flexibility index (Phi) is 2.09. The zero-order chi connectivity index (χ0) is 11.7. The van der Waals surface area contributed by atoms with Gasteiger partial charge in [0, 0.05) is 0 Å². The summed E-state index contributed by atoms with van der Waals surface area (Å²) in [5.41, 5.74) is 3.19. The maximum Gasteiger partial charge on any atom is 0.189 e. The van der Waals surface area contributed by atoms with Crippen molar-refractivity contribution in [1.29, 1.82) is 0 Å². The third-order valence-corrected chi connectivity index (χ3v) is 2.56. The SMILES string of the molecule is [C-]#[N+]c1ccc2c(c1)nnn2-c1ccccc1. The van der Waals surface area contributed by atoms with Crippen molar-refractivity contribution in [2.45, 2.75) is 0 Å². The molecule has 4 nitrogen and oxygen atoms in total. The van der Waals surface area contributed by atoms with Crippen LogP contribution in [0.4, 0.5) is 5.69 Å². The average Bonchev–Trinajstić information content (AvgIpc) is 2.82. The lowest BCUT2D eigenvalue weighted by Gasteiger charge is -2.00. The van der Waals surface area contributed by atoms with Crippen LogP contribution in [0.2, 0.25) is 0 Å². The summed E-state index contributed by atoms with van der Waals surface area (Å²) >= 11 is 0. The molecule has 0 atom stereocenters. The van der Waals surface area contributed by atoms with Gasteiger partial charge in [0.1, 0.15) is 5.52 Å². The molecule has 0 saturated heterocycles. The van der Waals surface area contributed by atoms with E-state index in [1.54, 1.807) is 16.8 Å². The molecule has 0 amide bonds. The van der Waals surface area contributed by atoms with Crippen molar-refractivity contribution in [3.8, 4) is 5.69 Å². The minimum absolute atomic E-state index is 0.581. The third kappa shape index (κ3) is 1.54. The van der Waals surface area contributed by atoms with Gasteiger partial charge in [-0.25, -0.2) is 9.53 Å². The quantitative estimate of drug-likeness (QED) is 0.591. The van der Waals surface area contributed by atoms with E-state index in [1.807, 2.05) is 36.4 Å². The van der Waals surface area contributed by atoms with E-state index >= 15 is 0 Å². The number of aromatic nitrogens is 3. The minimum atomic E-state index is 0.581. The summed E-state index contributed by atoms with van der Waals surface area (Å²) in [6.07, 6.45) is 0. The highest BCUT2D eigenvalue weighted by molar-refractivity contribution is 5.80. The molecule has 0 saturated carbocycles. The molecule has 0 aliphatic rings. The van der Waals surface area contributed by atoms with Crippen LogP contribution in [0.5, 0.6) is 0 Å². The van der Waals surface area contributed by atoms with E-state index in [0.717, 1.165) is 16.7 Å². The van der Waals surface area contributed by atoms with Gasteiger partial charge in [-0.1, -0.05) is 29.5 Å². The lowest BCUT2D eigenvalue weighted by molar-refractivity contribution is 0.824. The van der Waals surface area contributed by atoms with Crippen LogP contribution >= 0.6 is 0 Å². The average molecular weight is 220 g/mol. The molecule has 3 aromatic rings. The standard InChI is InChI=1S/C13H8N4/c1-14-10-7-8-13-12(9-10)15-16-17(13)11-5-3-2-4-6-11/h2-9H. The molecule has 0 N–H and O–H groups in total. The Morgan fingerprint density at radius 1 is 1.06 bits per heavy atom. The van der Waals surface area contributed by atoms with E-state index in [0.29, 0.717) is 5.69 Å². The number of benzene rings is 2. The Balaban J connectivity index is 2.23. The molecule has 80 valence electrons. The van der Waals surface area contributed by atoms with Gasteiger partial charge >= 0.3 is 0 Å². The van der Waals surface area contributed by atoms with Gasteiger partial charge in [0.15, 0.2) is 5.69 Å². The first-order valence-corrected chi connectivity index (χ1v) is 5.17. The Labute approximate surface area is 97.9 Å². The highest BCUT2D eigenvalue weighted by atomic mass is 15.4. The second kappa shape index (κ2) is 3.72. The molecule has 0 radical (unpaired) electrons. The van der Waals surface area contributed by atoms with E-state index in [-0.39, 0.29) is 0 Å². The Hall–Kier alpha value is -2.67. The molecule has 0 bridgehead atoms. The van der Waals surface area contributed by atoms with Crippen LogP contribution in [-0.4, -0.2) is 15.0 Å². The van der Waals surface area contributed by atoms with E-state index in [1.165, 1.54) is 0 Å². The first-order chi connectivity index (χ1) is 8.38. The predicted octanol–water partition coefficient (Wildman–Crippen LogP) is 2.97. The fraction of sp³-hybridized carbons (Fsp3) is 0. The minimum Gasteiger partial charge on any atom is -0.238 e. The second-order valence-corrected chi connectivity index (χ2v) is 3.62. The molecule has 2 aromatic carbocycles. The molecule has 1 heterocycles. The highest BCUT2D eigenvalue weighted by Gasteiger charge is 2.06. The van der Waals surface area contributed by atoms with Crippen molar-refractivity contribution in [2.24, 2.45) is 0 Å². The molecule has 0 aliphatic heterocycles. The fourth-order valence-electron chi connectivity index (χ4n) is 1.74. The van der Waals surface area contributed by atoms with Gasteiger partial charge in [-0.05, 0) is 24.3 Å². The number of nitrogens with zero attached hydrogens (tertiary/aromatic N) is 4. The van der Waals surface area contributed by atoms with E-state index < -0.39 is 0 Å². The monoisotopic (exact) mass is 220 g/mol. The van der Waals surface area contributed by atoms with Gasteiger partial charge in [0.25, 0.3) is 0 Å². The summed E-state index contributed by atoms with van der Waals surface area (Å²) < 4.78 is 1.77. The molecule has 4 heteroatoms. The fourth-order valence-corrected chi connectivity index (χ4v) is 1.74. The summed E-state index contributed by atoms with van der Waals surface area (Å²) in [6, 6.07) is 15.2. The number of rotatable bonds is 1. The van der Waals surface area contributed by atoms with Crippen molar-refractivity contribution in [3.63, 3.8) is 0 Å². The Morgan fingerprint density at radius 2 is 1.88 bits per heavy atom. The largest absolute Gasteiger partial charge is 0.238 e. The lowest BCUT2D eigenvalue weighted by atomic mass is 10.2. The van der Waals surface area contributed by atoms with Gasteiger partial charge in [0.2, 0.25) is 0 Å². The van der Waals surface area contributed by atoms with Gasteiger partial charge in [-0.15, -0.1) is 5.10 Å². The lowest BCUT2D eigenvalue weighted by Crippen LogP contribution is -1.95. The first-order valence-electron chi connectivity index (χ1n) is 5.17. The van der Waals surface area contributed by atoms with Crippen LogP contribution in [0.1, 0.15) is 0 Å². The van der Waals surface area contributed by atoms with Crippen molar-refractivity contribution >= 4 is 16.7 Å². The second-order valence-electron chi connectivity index (χ2n) is 3.62. The zero-order valence-electron chi connectivity index (χ0n) is 8.91. The highest BCUT2D eigenvalue weighted by Crippen LogP contribution is 2.21.